The Balaban J connectivity index is 2.35. The smallest absolute Gasteiger partial charge is 0.277 e. The van der Waals surface area contributed by atoms with Gasteiger partial charge in [0.25, 0.3) is 10.2 Å². The molecular formula is C10H23N3O2S. The molecule has 1 heterocycles. The van der Waals surface area contributed by atoms with Crippen LogP contribution in [0.1, 0.15) is 33.6 Å². The molecule has 1 aliphatic rings. The van der Waals surface area contributed by atoms with Crippen LogP contribution in [0.15, 0.2) is 0 Å². The van der Waals surface area contributed by atoms with Gasteiger partial charge in [-0.25, -0.2) is 4.72 Å². The van der Waals surface area contributed by atoms with E-state index in [2.05, 4.69) is 14.8 Å². The molecule has 0 radical (unpaired) electrons. The summed E-state index contributed by atoms with van der Waals surface area (Å²) in [5.41, 5.74) is -0.434. The number of nitrogens with one attached hydrogen (secondary N) is 3. The van der Waals surface area contributed by atoms with E-state index in [1.54, 1.807) is 0 Å². The third kappa shape index (κ3) is 5.79. The Hall–Kier alpha value is -0.170. The highest BCUT2D eigenvalue weighted by molar-refractivity contribution is 7.87. The highest BCUT2D eigenvalue weighted by Crippen LogP contribution is 2.09. The van der Waals surface area contributed by atoms with Crippen LogP contribution in [0.3, 0.4) is 0 Å². The number of hydrogen-bond donors (Lipinski definition) is 3. The second-order valence-corrected chi connectivity index (χ2v) is 6.92. The van der Waals surface area contributed by atoms with E-state index in [-0.39, 0.29) is 0 Å². The molecule has 0 spiro atoms. The topological polar surface area (TPSA) is 70.2 Å². The standard InChI is InChI=1S/C10H23N3O2S/c1-10(2,3)13-16(14,15)12-8-9-5-4-6-11-7-9/h9,11-13H,4-8H2,1-3H3. The summed E-state index contributed by atoms with van der Waals surface area (Å²) in [4.78, 5) is 0. The van der Waals surface area contributed by atoms with E-state index in [4.69, 9.17) is 0 Å². The zero-order valence-corrected chi connectivity index (χ0v) is 11.2. The van der Waals surface area contributed by atoms with E-state index in [1.807, 2.05) is 20.8 Å². The van der Waals surface area contributed by atoms with Crippen LogP contribution in [0.4, 0.5) is 0 Å². The van der Waals surface area contributed by atoms with Crippen molar-refractivity contribution in [1.82, 2.24) is 14.8 Å². The Morgan fingerprint density at radius 3 is 2.56 bits per heavy atom. The zero-order valence-electron chi connectivity index (χ0n) is 10.3. The van der Waals surface area contributed by atoms with Crippen molar-refractivity contribution in [3.63, 3.8) is 0 Å². The fraction of sp³-hybridized carbons (Fsp3) is 1.00. The molecule has 0 aromatic carbocycles. The molecule has 5 nitrogen and oxygen atoms in total. The van der Waals surface area contributed by atoms with Gasteiger partial charge in [-0.15, -0.1) is 0 Å². The Bertz CT molecular complexity index is 303. The first kappa shape index (κ1) is 13.9. The summed E-state index contributed by atoms with van der Waals surface area (Å²) in [6.45, 7) is 7.94. The first-order valence-corrected chi connectivity index (χ1v) is 7.26. The number of piperidine rings is 1. The van der Waals surface area contributed by atoms with Gasteiger partial charge in [0, 0.05) is 12.1 Å². The maximum atomic E-state index is 11.6. The van der Waals surface area contributed by atoms with E-state index >= 15 is 0 Å². The summed E-state index contributed by atoms with van der Waals surface area (Å²) in [6, 6.07) is 0. The molecule has 0 amide bonds. The van der Waals surface area contributed by atoms with E-state index < -0.39 is 15.7 Å². The van der Waals surface area contributed by atoms with Crippen molar-refractivity contribution in [2.45, 2.75) is 39.2 Å². The lowest BCUT2D eigenvalue weighted by molar-refractivity contribution is 0.373. The van der Waals surface area contributed by atoms with E-state index in [0.717, 1.165) is 25.9 Å². The molecule has 3 N–H and O–H groups in total. The van der Waals surface area contributed by atoms with Crippen molar-refractivity contribution >= 4 is 10.2 Å². The fourth-order valence-electron chi connectivity index (χ4n) is 1.76. The molecule has 1 saturated heterocycles. The first-order chi connectivity index (χ1) is 7.29. The first-order valence-electron chi connectivity index (χ1n) is 5.78. The average molecular weight is 249 g/mol. The average Bonchev–Trinajstić information content (AvgIpc) is 2.13. The SMILES string of the molecule is CC(C)(C)NS(=O)(=O)NCC1CCCNC1. The largest absolute Gasteiger partial charge is 0.316 e. The highest BCUT2D eigenvalue weighted by Gasteiger charge is 2.21. The highest BCUT2D eigenvalue weighted by atomic mass is 32.2. The van der Waals surface area contributed by atoms with Gasteiger partial charge >= 0.3 is 0 Å². The van der Waals surface area contributed by atoms with E-state index in [0.29, 0.717) is 12.5 Å². The minimum atomic E-state index is -3.37. The van der Waals surface area contributed by atoms with Gasteiger partial charge in [-0.3, -0.25) is 0 Å². The van der Waals surface area contributed by atoms with Gasteiger partial charge < -0.3 is 5.32 Å². The predicted molar refractivity (Wildman–Crippen MR) is 65.4 cm³/mol. The van der Waals surface area contributed by atoms with Crippen LogP contribution in [0.2, 0.25) is 0 Å². The number of hydrogen-bond acceptors (Lipinski definition) is 3. The lowest BCUT2D eigenvalue weighted by atomic mass is 10.0. The molecule has 1 unspecified atom stereocenters. The van der Waals surface area contributed by atoms with Gasteiger partial charge in [-0.2, -0.15) is 13.1 Å². The summed E-state index contributed by atoms with van der Waals surface area (Å²) < 4.78 is 28.5. The monoisotopic (exact) mass is 249 g/mol. The van der Waals surface area contributed by atoms with Crippen LogP contribution in [0, 0.1) is 5.92 Å². The van der Waals surface area contributed by atoms with Crippen molar-refractivity contribution in [3.8, 4) is 0 Å². The zero-order chi connectivity index (χ0) is 12.2. The van der Waals surface area contributed by atoms with Crippen molar-refractivity contribution < 1.29 is 8.42 Å². The van der Waals surface area contributed by atoms with Crippen molar-refractivity contribution in [2.75, 3.05) is 19.6 Å². The van der Waals surface area contributed by atoms with Crippen LogP contribution < -0.4 is 14.8 Å². The Labute approximate surface area is 98.6 Å². The molecular weight excluding hydrogens is 226 g/mol. The van der Waals surface area contributed by atoms with Crippen LogP contribution in [0.5, 0.6) is 0 Å². The summed E-state index contributed by atoms with van der Waals surface area (Å²) in [7, 11) is -3.37. The molecule has 0 aliphatic carbocycles. The molecule has 1 atom stereocenters. The second-order valence-electron chi connectivity index (χ2n) is 5.42. The minimum Gasteiger partial charge on any atom is -0.316 e. The van der Waals surface area contributed by atoms with Gasteiger partial charge in [0.05, 0.1) is 0 Å². The van der Waals surface area contributed by atoms with Crippen LogP contribution in [0.25, 0.3) is 0 Å². The molecule has 1 fully saturated rings. The van der Waals surface area contributed by atoms with Gasteiger partial charge in [-0.05, 0) is 52.6 Å². The van der Waals surface area contributed by atoms with Crippen molar-refractivity contribution in [1.29, 1.82) is 0 Å². The predicted octanol–water partition coefficient (Wildman–Crippen LogP) is 0.209. The molecule has 16 heavy (non-hydrogen) atoms. The molecule has 96 valence electrons. The lowest BCUT2D eigenvalue weighted by Gasteiger charge is -2.25. The summed E-state index contributed by atoms with van der Waals surface area (Å²) >= 11 is 0. The van der Waals surface area contributed by atoms with Crippen LogP contribution in [-0.4, -0.2) is 33.6 Å². The fourth-order valence-corrected chi connectivity index (χ4v) is 3.10. The molecule has 0 saturated carbocycles. The Morgan fingerprint density at radius 1 is 1.38 bits per heavy atom. The van der Waals surface area contributed by atoms with Crippen LogP contribution in [-0.2, 0) is 10.2 Å². The maximum absolute atomic E-state index is 11.6. The summed E-state index contributed by atoms with van der Waals surface area (Å²) in [6.07, 6.45) is 2.21. The lowest BCUT2D eigenvalue weighted by Crippen LogP contribution is -2.49. The third-order valence-electron chi connectivity index (χ3n) is 2.40. The third-order valence-corrected chi connectivity index (χ3v) is 3.83. The molecule has 1 rings (SSSR count). The van der Waals surface area contributed by atoms with E-state index in [1.165, 1.54) is 0 Å². The van der Waals surface area contributed by atoms with Gasteiger partial charge in [0.15, 0.2) is 0 Å². The summed E-state index contributed by atoms with van der Waals surface area (Å²) in [5, 5.41) is 3.26. The van der Waals surface area contributed by atoms with Gasteiger partial charge in [0.2, 0.25) is 0 Å². The van der Waals surface area contributed by atoms with Crippen LogP contribution >= 0.6 is 0 Å². The van der Waals surface area contributed by atoms with E-state index in [9.17, 15) is 8.42 Å². The Kier molecular flexibility index (Phi) is 4.73. The Morgan fingerprint density at radius 2 is 2.06 bits per heavy atom. The van der Waals surface area contributed by atoms with Gasteiger partial charge in [-0.1, -0.05) is 0 Å². The molecule has 1 aliphatic heterocycles. The molecule has 0 aromatic heterocycles. The van der Waals surface area contributed by atoms with Crippen molar-refractivity contribution in [3.05, 3.63) is 0 Å². The molecule has 0 bridgehead atoms. The summed E-state index contributed by atoms with van der Waals surface area (Å²) in [5.74, 6) is 0.408. The maximum Gasteiger partial charge on any atom is 0.277 e. The second kappa shape index (κ2) is 5.44. The van der Waals surface area contributed by atoms with Crippen molar-refractivity contribution in [2.24, 2.45) is 5.92 Å². The number of rotatable bonds is 4. The minimum absolute atomic E-state index is 0.408. The molecule has 6 heteroatoms. The molecule has 0 aromatic rings. The normalized spacial score (nSPS) is 23.3. The van der Waals surface area contributed by atoms with Gasteiger partial charge in [0.1, 0.15) is 0 Å². The quantitative estimate of drug-likeness (QED) is 0.667.